The van der Waals surface area contributed by atoms with Crippen LogP contribution in [0.4, 0.5) is 0 Å². The van der Waals surface area contributed by atoms with Gasteiger partial charge in [-0.2, -0.15) is 0 Å². The van der Waals surface area contributed by atoms with E-state index in [1.54, 1.807) is 0 Å². The molecule has 112 valence electrons. The van der Waals surface area contributed by atoms with Crippen LogP contribution in [0.2, 0.25) is 5.02 Å². The third-order valence-electron chi connectivity index (χ3n) is 3.55. The molecule has 5 heteroatoms. The molecule has 0 unspecified atom stereocenters. The number of benzene rings is 1. The quantitative estimate of drug-likeness (QED) is 0.773. The maximum atomic E-state index is 8.64. The van der Waals surface area contributed by atoms with E-state index in [-0.39, 0.29) is 6.61 Å². The summed E-state index contributed by atoms with van der Waals surface area (Å²) in [6, 6.07) is 8.08. The van der Waals surface area contributed by atoms with Crippen LogP contribution in [0.15, 0.2) is 24.3 Å². The summed E-state index contributed by atoms with van der Waals surface area (Å²) in [6.45, 7) is 7.46. The van der Waals surface area contributed by atoms with Gasteiger partial charge in [-0.25, -0.2) is 0 Å². The summed E-state index contributed by atoms with van der Waals surface area (Å²) < 4.78 is 5.30. The minimum absolute atomic E-state index is 0.105. The lowest BCUT2D eigenvalue weighted by molar-refractivity contribution is 0.0564. The number of nitrogens with zero attached hydrogens (tertiary/aromatic N) is 2. The Morgan fingerprint density at radius 1 is 1.10 bits per heavy atom. The van der Waals surface area contributed by atoms with Gasteiger partial charge in [0.25, 0.3) is 0 Å². The molecule has 1 saturated heterocycles. The van der Waals surface area contributed by atoms with Crippen molar-refractivity contribution in [1.82, 2.24) is 9.80 Å². The van der Waals surface area contributed by atoms with Crippen LogP contribution in [0.5, 0.6) is 0 Å². The van der Waals surface area contributed by atoms with Gasteiger partial charge < -0.3 is 9.84 Å². The molecule has 20 heavy (non-hydrogen) atoms. The van der Waals surface area contributed by atoms with E-state index < -0.39 is 0 Å². The zero-order valence-corrected chi connectivity index (χ0v) is 12.6. The Kier molecular flexibility index (Phi) is 6.76. The molecule has 1 N–H and O–H groups in total. The lowest BCUT2D eigenvalue weighted by Crippen LogP contribution is -2.46. The Labute approximate surface area is 125 Å². The topological polar surface area (TPSA) is 35.9 Å². The average Bonchev–Trinajstić information content (AvgIpc) is 2.45. The van der Waals surface area contributed by atoms with Crippen molar-refractivity contribution >= 4 is 11.6 Å². The van der Waals surface area contributed by atoms with Gasteiger partial charge in [0.1, 0.15) is 0 Å². The Hall–Kier alpha value is -0.650. The van der Waals surface area contributed by atoms with E-state index in [2.05, 4.69) is 15.9 Å². The highest BCUT2D eigenvalue weighted by Crippen LogP contribution is 2.13. The number of halogens is 1. The minimum Gasteiger partial charge on any atom is -0.394 e. The van der Waals surface area contributed by atoms with Crippen molar-refractivity contribution in [1.29, 1.82) is 0 Å². The molecule has 0 saturated carbocycles. The first-order valence-electron chi connectivity index (χ1n) is 7.15. The number of aliphatic hydroxyl groups excluding tert-OH is 1. The van der Waals surface area contributed by atoms with Crippen molar-refractivity contribution in [3.8, 4) is 0 Å². The first-order chi connectivity index (χ1) is 9.78. The highest BCUT2D eigenvalue weighted by Gasteiger charge is 2.16. The second-order valence-corrected chi connectivity index (χ2v) is 5.52. The van der Waals surface area contributed by atoms with Crippen LogP contribution < -0.4 is 0 Å². The van der Waals surface area contributed by atoms with Gasteiger partial charge in [0.05, 0.1) is 19.8 Å². The van der Waals surface area contributed by atoms with E-state index in [9.17, 15) is 0 Å². The molecule has 4 nitrogen and oxygen atoms in total. The SMILES string of the molecule is OCCOCCN1CCN(Cc2cccc(Cl)c2)CC1. The zero-order chi connectivity index (χ0) is 14.2. The maximum absolute atomic E-state index is 8.64. The average molecular weight is 299 g/mol. The molecule has 1 aromatic rings. The van der Waals surface area contributed by atoms with Crippen molar-refractivity contribution in [2.24, 2.45) is 0 Å². The highest BCUT2D eigenvalue weighted by molar-refractivity contribution is 6.30. The van der Waals surface area contributed by atoms with Crippen LogP contribution in [-0.4, -0.2) is 67.5 Å². The second kappa shape index (κ2) is 8.60. The summed E-state index contributed by atoms with van der Waals surface area (Å²) in [4.78, 5) is 4.86. The van der Waals surface area contributed by atoms with Crippen LogP contribution >= 0.6 is 11.6 Å². The normalized spacial score (nSPS) is 17.5. The third-order valence-corrected chi connectivity index (χ3v) is 3.78. The van der Waals surface area contributed by atoms with Crippen molar-refractivity contribution < 1.29 is 9.84 Å². The summed E-state index contributed by atoms with van der Waals surface area (Å²) in [5, 5.41) is 9.45. The van der Waals surface area contributed by atoms with E-state index >= 15 is 0 Å². The summed E-state index contributed by atoms with van der Waals surface area (Å²) >= 11 is 6.01. The lowest BCUT2D eigenvalue weighted by atomic mass is 10.2. The molecule has 0 aliphatic carbocycles. The lowest BCUT2D eigenvalue weighted by Gasteiger charge is -2.34. The van der Waals surface area contributed by atoms with Gasteiger partial charge in [0.15, 0.2) is 0 Å². The predicted molar refractivity (Wildman–Crippen MR) is 81.1 cm³/mol. The largest absolute Gasteiger partial charge is 0.394 e. The zero-order valence-electron chi connectivity index (χ0n) is 11.8. The summed E-state index contributed by atoms with van der Waals surface area (Å²) in [5.41, 5.74) is 1.28. The van der Waals surface area contributed by atoms with Gasteiger partial charge in [0.2, 0.25) is 0 Å². The first-order valence-corrected chi connectivity index (χ1v) is 7.53. The number of hydrogen-bond acceptors (Lipinski definition) is 4. The molecule has 1 heterocycles. The van der Waals surface area contributed by atoms with Crippen LogP contribution in [-0.2, 0) is 11.3 Å². The van der Waals surface area contributed by atoms with Gasteiger partial charge in [-0.1, -0.05) is 23.7 Å². The third kappa shape index (κ3) is 5.38. The molecule has 1 fully saturated rings. The van der Waals surface area contributed by atoms with Gasteiger partial charge in [-0.05, 0) is 17.7 Å². The molecule has 0 spiro atoms. The molecule has 0 radical (unpaired) electrons. The van der Waals surface area contributed by atoms with Gasteiger partial charge >= 0.3 is 0 Å². The van der Waals surface area contributed by atoms with Crippen molar-refractivity contribution in [2.75, 3.05) is 52.5 Å². The fraction of sp³-hybridized carbons (Fsp3) is 0.600. The number of aliphatic hydroxyl groups is 1. The number of ether oxygens (including phenoxy) is 1. The van der Waals surface area contributed by atoms with E-state index in [1.807, 2.05) is 18.2 Å². The molecule has 2 rings (SSSR count). The predicted octanol–water partition coefficient (Wildman–Crippen LogP) is 1.47. The molecular weight excluding hydrogens is 276 g/mol. The maximum Gasteiger partial charge on any atom is 0.0698 e. The second-order valence-electron chi connectivity index (χ2n) is 5.08. The number of hydrogen-bond donors (Lipinski definition) is 1. The molecule has 1 aromatic carbocycles. The van der Waals surface area contributed by atoms with Crippen LogP contribution in [0.25, 0.3) is 0 Å². The number of rotatable bonds is 7. The van der Waals surface area contributed by atoms with E-state index in [4.69, 9.17) is 21.4 Å². The Bertz CT molecular complexity index is 395. The van der Waals surface area contributed by atoms with Crippen molar-refractivity contribution in [2.45, 2.75) is 6.54 Å². The Morgan fingerprint density at radius 2 is 1.85 bits per heavy atom. The Balaban J connectivity index is 1.66. The van der Waals surface area contributed by atoms with Crippen molar-refractivity contribution in [3.63, 3.8) is 0 Å². The summed E-state index contributed by atoms with van der Waals surface area (Å²) in [6.07, 6.45) is 0. The first kappa shape index (κ1) is 15.7. The summed E-state index contributed by atoms with van der Waals surface area (Å²) in [7, 11) is 0. The van der Waals surface area contributed by atoms with Crippen LogP contribution in [0, 0.1) is 0 Å². The van der Waals surface area contributed by atoms with E-state index in [1.165, 1.54) is 5.56 Å². The van der Waals surface area contributed by atoms with Crippen molar-refractivity contribution in [3.05, 3.63) is 34.9 Å². The van der Waals surface area contributed by atoms with Crippen LogP contribution in [0.3, 0.4) is 0 Å². The van der Waals surface area contributed by atoms with Crippen LogP contribution in [0.1, 0.15) is 5.56 Å². The molecule has 0 aromatic heterocycles. The molecule has 0 bridgehead atoms. The molecule has 1 aliphatic rings. The Morgan fingerprint density at radius 3 is 2.55 bits per heavy atom. The smallest absolute Gasteiger partial charge is 0.0698 e. The highest BCUT2D eigenvalue weighted by atomic mass is 35.5. The monoisotopic (exact) mass is 298 g/mol. The molecule has 0 amide bonds. The summed E-state index contributed by atoms with van der Waals surface area (Å²) in [5.74, 6) is 0. The minimum atomic E-state index is 0.105. The van der Waals surface area contributed by atoms with Gasteiger partial charge in [-0.3, -0.25) is 9.80 Å². The van der Waals surface area contributed by atoms with Gasteiger partial charge in [0, 0.05) is 44.3 Å². The van der Waals surface area contributed by atoms with E-state index in [0.29, 0.717) is 13.2 Å². The molecule has 0 atom stereocenters. The fourth-order valence-electron chi connectivity index (χ4n) is 2.42. The number of piperazine rings is 1. The van der Waals surface area contributed by atoms with E-state index in [0.717, 1.165) is 44.3 Å². The standard InChI is InChI=1S/C15H23ClN2O2/c16-15-3-1-2-14(12-15)13-18-6-4-17(5-7-18)8-10-20-11-9-19/h1-3,12,19H,4-11,13H2. The fourth-order valence-corrected chi connectivity index (χ4v) is 2.64. The van der Waals surface area contributed by atoms with Gasteiger partial charge in [-0.15, -0.1) is 0 Å². The molecule has 1 aliphatic heterocycles. The molecular formula is C15H23ClN2O2.